The van der Waals surface area contributed by atoms with Crippen molar-refractivity contribution in [1.29, 1.82) is 0 Å². The Labute approximate surface area is 200 Å². The number of hydrogen-bond acceptors (Lipinski definition) is 6. The predicted molar refractivity (Wildman–Crippen MR) is 129 cm³/mol. The number of carbonyl (C=O) groups is 1. The number of aromatic nitrogens is 2. The summed E-state index contributed by atoms with van der Waals surface area (Å²) >= 11 is 5.88. The zero-order valence-corrected chi connectivity index (χ0v) is 19.9. The van der Waals surface area contributed by atoms with Gasteiger partial charge >= 0.3 is 0 Å². The first kappa shape index (κ1) is 23.5. The third-order valence-electron chi connectivity index (χ3n) is 5.11. The van der Waals surface area contributed by atoms with Crippen LogP contribution < -0.4 is 15.5 Å². The quantitative estimate of drug-likeness (QED) is 0.433. The number of nitrogens with zero attached hydrogens (tertiary/aromatic N) is 2. The summed E-state index contributed by atoms with van der Waals surface area (Å²) in [5, 5.41) is 3.20. The molecule has 0 spiro atoms. The van der Waals surface area contributed by atoms with E-state index in [4.69, 9.17) is 16.3 Å². The fraction of sp³-hybridized carbons (Fsp3) is 0.125. The fourth-order valence-corrected chi connectivity index (χ4v) is 4.94. The number of sulfone groups is 1. The van der Waals surface area contributed by atoms with Crippen LogP contribution in [0.15, 0.2) is 81.4 Å². The molecule has 0 unspecified atom stereocenters. The Kier molecular flexibility index (Phi) is 6.41. The summed E-state index contributed by atoms with van der Waals surface area (Å²) < 4.78 is 33.1. The third kappa shape index (κ3) is 4.66. The molecule has 0 fully saturated rings. The van der Waals surface area contributed by atoms with Crippen LogP contribution in [0.25, 0.3) is 11.0 Å². The van der Waals surface area contributed by atoms with Gasteiger partial charge in [-0.15, -0.1) is 0 Å². The van der Waals surface area contributed by atoms with E-state index in [0.717, 1.165) is 6.20 Å². The van der Waals surface area contributed by atoms with Gasteiger partial charge in [0.1, 0.15) is 22.8 Å². The summed E-state index contributed by atoms with van der Waals surface area (Å²) in [7, 11) is -2.66. The van der Waals surface area contributed by atoms with E-state index in [1.54, 1.807) is 37.3 Å². The van der Waals surface area contributed by atoms with Gasteiger partial charge in [0.25, 0.3) is 0 Å². The van der Waals surface area contributed by atoms with Crippen molar-refractivity contribution >= 4 is 44.1 Å². The molecule has 0 atom stereocenters. The average molecular weight is 498 g/mol. The maximum Gasteiger partial charge on any atom is 0.244 e. The summed E-state index contributed by atoms with van der Waals surface area (Å²) in [6.07, 6.45) is 1.16. The number of pyridine rings is 2. The SMILES string of the molecule is COc1cccc(NC(=O)Cn2cc(S(=O)(=O)c3ccc(Cl)cc3)c(=O)c3ccc(C)nc32)c1. The molecule has 0 saturated carbocycles. The Morgan fingerprint density at radius 3 is 2.56 bits per heavy atom. The zero-order chi connectivity index (χ0) is 24.5. The van der Waals surface area contributed by atoms with Crippen molar-refractivity contribution in [2.75, 3.05) is 12.4 Å². The van der Waals surface area contributed by atoms with Crippen molar-refractivity contribution in [2.45, 2.75) is 23.3 Å². The van der Waals surface area contributed by atoms with Crippen molar-refractivity contribution in [2.24, 2.45) is 0 Å². The summed E-state index contributed by atoms with van der Waals surface area (Å²) in [5.41, 5.74) is 0.637. The monoisotopic (exact) mass is 497 g/mol. The van der Waals surface area contributed by atoms with Crippen LogP contribution in [-0.4, -0.2) is 31.0 Å². The molecule has 0 bridgehead atoms. The highest BCUT2D eigenvalue weighted by Crippen LogP contribution is 2.23. The lowest BCUT2D eigenvalue weighted by molar-refractivity contribution is -0.116. The van der Waals surface area contributed by atoms with E-state index in [2.05, 4.69) is 10.3 Å². The van der Waals surface area contributed by atoms with Crippen molar-refractivity contribution in [3.05, 3.63) is 87.8 Å². The molecule has 1 N–H and O–H groups in total. The molecule has 174 valence electrons. The van der Waals surface area contributed by atoms with Gasteiger partial charge < -0.3 is 14.6 Å². The first-order chi connectivity index (χ1) is 16.2. The van der Waals surface area contributed by atoms with Crippen molar-refractivity contribution in [3.63, 3.8) is 0 Å². The van der Waals surface area contributed by atoms with E-state index >= 15 is 0 Å². The molecule has 4 aromatic rings. The standard InChI is InChI=1S/C24H20ClN3O5S/c1-15-6-11-20-23(30)21(34(31,32)19-9-7-16(25)8-10-19)13-28(24(20)26-15)14-22(29)27-17-4-3-5-18(12-17)33-2/h3-13H,14H2,1-2H3,(H,27,29). The number of benzene rings is 2. The summed E-state index contributed by atoms with van der Waals surface area (Å²) in [5.74, 6) is 0.136. The summed E-state index contributed by atoms with van der Waals surface area (Å²) in [6.45, 7) is 1.47. The van der Waals surface area contributed by atoms with Gasteiger partial charge in [-0.2, -0.15) is 0 Å². The Bertz CT molecular complexity index is 1560. The van der Waals surface area contributed by atoms with Gasteiger partial charge in [-0.1, -0.05) is 17.7 Å². The van der Waals surface area contributed by atoms with Gasteiger partial charge in [0.15, 0.2) is 0 Å². The molecular weight excluding hydrogens is 478 g/mol. The van der Waals surface area contributed by atoms with Crippen LogP contribution in [0.1, 0.15) is 5.69 Å². The zero-order valence-electron chi connectivity index (χ0n) is 18.3. The first-order valence-corrected chi connectivity index (χ1v) is 12.0. The van der Waals surface area contributed by atoms with Crippen LogP contribution in [0, 0.1) is 6.92 Å². The smallest absolute Gasteiger partial charge is 0.244 e. The molecule has 2 heterocycles. The lowest BCUT2D eigenvalue weighted by Gasteiger charge is -2.14. The van der Waals surface area contributed by atoms with Crippen LogP contribution in [0.3, 0.4) is 0 Å². The van der Waals surface area contributed by atoms with Gasteiger partial charge in [0, 0.05) is 28.7 Å². The van der Waals surface area contributed by atoms with E-state index in [0.29, 0.717) is 22.2 Å². The number of aryl methyl sites for hydroxylation is 1. The molecule has 0 aliphatic rings. The van der Waals surface area contributed by atoms with Crippen LogP contribution in [0.2, 0.25) is 5.02 Å². The van der Waals surface area contributed by atoms with Crippen LogP contribution in [-0.2, 0) is 21.2 Å². The molecule has 1 amide bonds. The fourth-order valence-electron chi connectivity index (χ4n) is 3.44. The molecule has 8 nitrogen and oxygen atoms in total. The van der Waals surface area contributed by atoms with Crippen LogP contribution in [0.5, 0.6) is 5.75 Å². The van der Waals surface area contributed by atoms with E-state index in [1.165, 1.54) is 42.0 Å². The van der Waals surface area contributed by atoms with Gasteiger partial charge in [0.2, 0.25) is 21.2 Å². The number of amides is 1. The van der Waals surface area contributed by atoms with Gasteiger partial charge in [-0.25, -0.2) is 13.4 Å². The molecule has 0 aliphatic carbocycles. The number of hydrogen-bond donors (Lipinski definition) is 1. The number of rotatable bonds is 6. The third-order valence-corrected chi connectivity index (χ3v) is 7.12. The molecule has 10 heteroatoms. The predicted octanol–water partition coefficient (Wildman–Crippen LogP) is 3.84. The van der Waals surface area contributed by atoms with E-state index in [9.17, 15) is 18.0 Å². The molecule has 4 rings (SSSR count). The Morgan fingerprint density at radius 2 is 1.85 bits per heavy atom. The van der Waals surface area contributed by atoms with Gasteiger partial charge in [-0.3, -0.25) is 9.59 Å². The first-order valence-electron chi connectivity index (χ1n) is 10.1. The number of ether oxygens (including phenoxy) is 1. The van der Waals surface area contributed by atoms with E-state index in [1.807, 2.05) is 0 Å². The lowest BCUT2D eigenvalue weighted by Crippen LogP contribution is -2.24. The summed E-state index contributed by atoms with van der Waals surface area (Å²) in [4.78, 5) is 29.8. The number of halogens is 1. The average Bonchev–Trinajstić information content (AvgIpc) is 2.81. The van der Waals surface area contributed by atoms with E-state index in [-0.39, 0.29) is 22.5 Å². The highest BCUT2D eigenvalue weighted by Gasteiger charge is 2.25. The number of carbonyl (C=O) groups excluding carboxylic acids is 1. The number of methoxy groups -OCH3 is 1. The topological polar surface area (TPSA) is 107 Å². The second-order valence-corrected chi connectivity index (χ2v) is 9.87. The summed E-state index contributed by atoms with van der Waals surface area (Å²) in [6, 6.07) is 15.5. The molecular formula is C24H20ClN3O5S. The maximum absolute atomic E-state index is 13.3. The highest BCUT2D eigenvalue weighted by molar-refractivity contribution is 7.91. The molecule has 2 aromatic carbocycles. The minimum absolute atomic E-state index is 0.0826. The Balaban J connectivity index is 1.80. The minimum Gasteiger partial charge on any atom is -0.497 e. The van der Waals surface area contributed by atoms with Gasteiger partial charge in [0.05, 0.1) is 17.4 Å². The van der Waals surface area contributed by atoms with Gasteiger partial charge in [-0.05, 0) is 55.5 Å². The number of nitrogens with one attached hydrogen (secondary N) is 1. The molecule has 34 heavy (non-hydrogen) atoms. The van der Waals surface area contributed by atoms with E-state index < -0.39 is 26.1 Å². The molecule has 2 aromatic heterocycles. The number of fused-ring (bicyclic) bond motifs is 1. The normalized spacial score (nSPS) is 11.4. The Morgan fingerprint density at radius 1 is 1.12 bits per heavy atom. The van der Waals surface area contributed by atoms with Crippen LogP contribution >= 0.6 is 11.6 Å². The maximum atomic E-state index is 13.3. The largest absolute Gasteiger partial charge is 0.497 e. The Hall–Kier alpha value is -3.69. The van der Waals surface area contributed by atoms with Crippen molar-refractivity contribution < 1.29 is 17.9 Å². The second-order valence-electron chi connectivity index (χ2n) is 7.51. The second kappa shape index (κ2) is 9.28. The minimum atomic E-state index is -4.18. The molecule has 0 radical (unpaired) electrons. The molecule has 0 saturated heterocycles. The number of anilines is 1. The molecule has 0 aliphatic heterocycles. The highest BCUT2D eigenvalue weighted by atomic mass is 35.5. The van der Waals surface area contributed by atoms with Crippen LogP contribution in [0.4, 0.5) is 5.69 Å². The van der Waals surface area contributed by atoms with Crippen molar-refractivity contribution in [1.82, 2.24) is 9.55 Å². The lowest BCUT2D eigenvalue weighted by atomic mass is 10.2. The van der Waals surface area contributed by atoms with Crippen molar-refractivity contribution in [3.8, 4) is 5.75 Å².